The largest absolute Gasteiger partial charge is 0.464 e. The summed E-state index contributed by atoms with van der Waals surface area (Å²) in [6.07, 6.45) is 3.08. The Balaban J connectivity index is 1.55. The molecule has 8 nitrogen and oxygen atoms in total. The van der Waals surface area contributed by atoms with Crippen molar-refractivity contribution in [2.24, 2.45) is 0 Å². The third-order valence-electron chi connectivity index (χ3n) is 4.24. The summed E-state index contributed by atoms with van der Waals surface area (Å²) in [4.78, 5) is 25.2. The van der Waals surface area contributed by atoms with Crippen LogP contribution in [0.1, 0.15) is 33.3 Å². The van der Waals surface area contributed by atoms with Gasteiger partial charge in [-0.3, -0.25) is 4.79 Å². The molecule has 9 heteroatoms. The summed E-state index contributed by atoms with van der Waals surface area (Å²) in [5.74, 6) is -0.482. The molecule has 1 N–H and O–H groups in total. The van der Waals surface area contributed by atoms with Crippen molar-refractivity contribution in [3.05, 3.63) is 77.1 Å². The second-order valence-corrected chi connectivity index (χ2v) is 7.17. The monoisotopic (exact) mass is 422 g/mol. The van der Waals surface area contributed by atoms with Crippen LogP contribution in [0.2, 0.25) is 0 Å². The van der Waals surface area contributed by atoms with E-state index in [-0.39, 0.29) is 17.9 Å². The van der Waals surface area contributed by atoms with Gasteiger partial charge in [0.15, 0.2) is 5.69 Å². The van der Waals surface area contributed by atoms with Crippen LogP contribution in [0.5, 0.6) is 0 Å². The van der Waals surface area contributed by atoms with Gasteiger partial charge in [-0.25, -0.2) is 9.48 Å². The smallest absolute Gasteiger partial charge is 0.341 e. The van der Waals surface area contributed by atoms with E-state index in [9.17, 15) is 9.59 Å². The van der Waals surface area contributed by atoms with Crippen LogP contribution in [-0.2, 0) is 11.3 Å². The van der Waals surface area contributed by atoms with E-state index < -0.39 is 11.9 Å². The summed E-state index contributed by atoms with van der Waals surface area (Å²) in [6, 6.07) is 13.2. The standard InChI is InChI=1S/C21H18N4O4S/c1-2-28-21(27)18-15(17-9-6-10-29-17)13-30-20(18)22-19(26)16-12-25(24-23-16)11-14-7-4-3-5-8-14/h3-10,12-13H,2,11H2,1H3,(H,22,26). The number of hydrogen-bond acceptors (Lipinski definition) is 7. The van der Waals surface area contributed by atoms with Gasteiger partial charge in [-0.2, -0.15) is 0 Å². The molecule has 0 aliphatic heterocycles. The number of nitrogens with one attached hydrogen (secondary N) is 1. The van der Waals surface area contributed by atoms with Gasteiger partial charge in [0, 0.05) is 10.9 Å². The van der Waals surface area contributed by atoms with Crippen molar-refractivity contribution < 1.29 is 18.7 Å². The number of furan rings is 1. The van der Waals surface area contributed by atoms with Gasteiger partial charge in [-0.1, -0.05) is 35.5 Å². The number of aromatic nitrogens is 3. The Morgan fingerprint density at radius 1 is 1.20 bits per heavy atom. The molecular weight excluding hydrogens is 404 g/mol. The molecule has 4 rings (SSSR count). The van der Waals surface area contributed by atoms with E-state index >= 15 is 0 Å². The van der Waals surface area contributed by atoms with Crippen molar-refractivity contribution in [3.8, 4) is 11.3 Å². The predicted molar refractivity (Wildman–Crippen MR) is 111 cm³/mol. The highest BCUT2D eigenvalue weighted by atomic mass is 32.1. The fourth-order valence-electron chi connectivity index (χ4n) is 2.89. The first-order valence-corrected chi connectivity index (χ1v) is 10.1. The number of rotatable bonds is 7. The maximum Gasteiger partial charge on any atom is 0.341 e. The number of nitrogens with zero attached hydrogens (tertiary/aromatic N) is 3. The average molecular weight is 422 g/mol. The summed E-state index contributed by atoms with van der Waals surface area (Å²) in [5, 5.41) is 12.8. The van der Waals surface area contributed by atoms with E-state index in [1.807, 2.05) is 30.3 Å². The first-order valence-electron chi connectivity index (χ1n) is 9.23. The molecule has 1 amide bonds. The van der Waals surface area contributed by atoms with Gasteiger partial charge in [0.2, 0.25) is 0 Å². The number of carbonyl (C=O) groups is 2. The van der Waals surface area contributed by atoms with Gasteiger partial charge in [0.05, 0.1) is 25.6 Å². The number of ether oxygens (including phenoxy) is 1. The second-order valence-electron chi connectivity index (χ2n) is 6.29. The summed E-state index contributed by atoms with van der Waals surface area (Å²) < 4.78 is 12.2. The van der Waals surface area contributed by atoms with Crippen molar-refractivity contribution in [2.75, 3.05) is 11.9 Å². The fourth-order valence-corrected chi connectivity index (χ4v) is 3.82. The second kappa shape index (κ2) is 8.75. The molecule has 3 heterocycles. The Morgan fingerprint density at radius 2 is 2.03 bits per heavy atom. The molecule has 0 fully saturated rings. The molecule has 152 valence electrons. The molecule has 0 aliphatic rings. The molecule has 0 saturated heterocycles. The summed E-state index contributed by atoms with van der Waals surface area (Å²) in [6.45, 7) is 2.43. The van der Waals surface area contributed by atoms with Gasteiger partial charge < -0.3 is 14.5 Å². The van der Waals surface area contributed by atoms with Crippen LogP contribution in [0.25, 0.3) is 11.3 Å². The van der Waals surface area contributed by atoms with E-state index in [1.165, 1.54) is 17.6 Å². The Bertz CT molecular complexity index is 1150. The molecule has 1 aromatic carbocycles. The molecule has 0 saturated carbocycles. The topological polar surface area (TPSA) is 99.2 Å². The summed E-state index contributed by atoms with van der Waals surface area (Å²) in [5.41, 5.74) is 2.00. The minimum atomic E-state index is -0.534. The highest BCUT2D eigenvalue weighted by Crippen LogP contribution is 2.36. The lowest BCUT2D eigenvalue weighted by Crippen LogP contribution is -2.15. The number of esters is 1. The maximum absolute atomic E-state index is 12.7. The first kappa shape index (κ1) is 19.6. The van der Waals surface area contributed by atoms with Crippen LogP contribution in [0.4, 0.5) is 5.00 Å². The number of benzene rings is 1. The van der Waals surface area contributed by atoms with E-state index in [0.29, 0.717) is 22.9 Å². The van der Waals surface area contributed by atoms with Crippen molar-refractivity contribution in [1.29, 1.82) is 0 Å². The van der Waals surface area contributed by atoms with Crippen molar-refractivity contribution in [3.63, 3.8) is 0 Å². The lowest BCUT2D eigenvalue weighted by Gasteiger charge is -2.06. The Morgan fingerprint density at radius 3 is 2.77 bits per heavy atom. The Kier molecular flexibility index (Phi) is 5.71. The van der Waals surface area contributed by atoms with E-state index in [2.05, 4.69) is 15.6 Å². The molecule has 3 aromatic heterocycles. The van der Waals surface area contributed by atoms with Crippen molar-refractivity contribution in [2.45, 2.75) is 13.5 Å². The zero-order chi connectivity index (χ0) is 20.9. The van der Waals surface area contributed by atoms with Crippen LogP contribution >= 0.6 is 11.3 Å². The minimum absolute atomic E-state index is 0.147. The third kappa shape index (κ3) is 4.15. The van der Waals surface area contributed by atoms with Crippen molar-refractivity contribution in [1.82, 2.24) is 15.0 Å². The average Bonchev–Trinajstić information content (AvgIpc) is 3.49. The molecule has 0 unspecified atom stereocenters. The molecule has 0 bridgehead atoms. The first-order chi connectivity index (χ1) is 14.7. The normalized spacial score (nSPS) is 10.7. The lowest BCUT2D eigenvalue weighted by atomic mass is 10.1. The number of hydrogen-bond donors (Lipinski definition) is 1. The Labute approximate surface area is 176 Å². The van der Waals surface area contributed by atoms with Crippen LogP contribution < -0.4 is 5.32 Å². The van der Waals surface area contributed by atoms with E-state index in [1.54, 1.807) is 35.3 Å². The third-order valence-corrected chi connectivity index (χ3v) is 5.14. The van der Waals surface area contributed by atoms with Gasteiger partial charge in [0.1, 0.15) is 16.3 Å². The quantitative estimate of drug-likeness (QED) is 0.451. The van der Waals surface area contributed by atoms with Gasteiger partial charge in [-0.15, -0.1) is 16.4 Å². The Hall–Kier alpha value is -3.72. The lowest BCUT2D eigenvalue weighted by molar-refractivity contribution is 0.0529. The molecule has 0 atom stereocenters. The molecule has 0 aliphatic carbocycles. The van der Waals surface area contributed by atoms with Gasteiger partial charge in [-0.05, 0) is 24.6 Å². The molecule has 30 heavy (non-hydrogen) atoms. The number of thiophene rings is 1. The maximum atomic E-state index is 12.7. The molecule has 0 spiro atoms. The molecule has 0 radical (unpaired) electrons. The summed E-state index contributed by atoms with van der Waals surface area (Å²) in [7, 11) is 0. The summed E-state index contributed by atoms with van der Waals surface area (Å²) >= 11 is 1.21. The minimum Gasteiger partial charge on any atom is -0.464 e. The molecule has 4 aromatic rings. The van der Waals surface area contributed by atoms with E-state index in [0.717, 1.165) is 5.56 Å². The van der Waals surface area contributed by atoms with Gasteiger partial charge >= 0.3 is 5.97 Å². The zero-order valence-corrected chi connectivity index (χ0v) is 16.9. The predicted octanol–water partition coefficient (Wildman–Crippen LogP) is 4.08. The van der Waals surface area contributed by atoms with Crippen molar-refractivity contribution >= 4 is 28.2 Å². The van der Waals surface area contributed by atoms with Crippen LogP contribution in [0.15, 0.2) is 64.7 Å². The molecular formula is C21H18N4O4S. The number of anilines is 1. The number of carbonyl (C=O) groups excluding carboxylic acids is 2. The highest BCUT2D eigenvalue weighted by Gasteiger charge is 2.25. The number of amides is 1. The highest BCUT2D eigenvalue weighted by molar-refractivity contribution is 7.15. The van der Waals surface area contributed by atoms with Crippen LogP contribution in [0.3, 0.4) is 0 Å². The fraction of sp³-hybridized carbons (Fsp3) is 0.143. The van der Waals surface area contributed by atoms with Crippen LogP contribution in [0, 0.1) is 0 Å². The van der Waals surface area contributed by atoms with E-state index in [4.69, 9.17) is 9.15 Å². The zero-order valence-electron chi connectivity index (χ0n) is 16.1. The SMILES string of the molecule is CCOC(=O)c1c(-c2ccco2)csc1NC(=O)c1cn(Cc2ccccc2)nn1. The van der Waals surface area contributed by atoms with Gasteiger partial charge in [0.25, 0.3) is 5.91 Å². The van der Waals surface area contributed by atoms with Crippen LogP contribution in [-0.4, -0.2) is 33.5 Å².